The van der Waals surface area contributed by atoms with Crippen LogP contribution in [0.4, 0.5) is 5.13 Å². The van der Waals surface area contributed by atoms with Crippen LogP contribution in [-0.4, -0.2) is 43.7 Å². The summed E-state index contributed by atoms with van der Waals surface area (Å²) in [6.45, 7) is 4.98. The summed E-state index contributed by atoms with van der Waals surface area (Å²) in [4.78, 5) is 25.6. The summed E-state index contributed by atoms with van der Waals surface area (Å²) >= 11 is 1.39. The fraction of sp³-hybridized carbons (Fsp3) is 0.286. The molecule has 1 aliphatic rings. The van der Waals surface area contributed by atoms with E-state index in [0.29, 0.717) is 42.7 Å². The molecule has 9 nitrogen and oxygen atoms in total. The Kier molecular flexibility index (Phi) is 4.99. The third-order valence-corrected chi connectivity index (χ3v) is 5.94. The molecule has 0 aliphatic carbocycles. The number of hydrogen-bond acceptors (Lipinski definition) is 8. The molecular formula is C21H20N6O3S. The van der Waals surface area contributed by atoms with Gasteiger partial charge in [0.2, 0.25) is 5.91 Å². The molecular weight excluding hydrogens is 416 g/mol. The molecule has 0 bridgehead atoms. The smallest absolute Gasteiger partial charge is 0.252 e. The van der Waals surface area contributed by atoms with Crippen molar-refractivity contribution in [1.82, 2.24) is 24.6 Å². The second-order valence-electron chi connectivity index (χ2n) is 7.18. The van der Waals surface area contributed by atoms with Crippen molar-refractivity contribution in [3.8, 4) is 22.8 Å². The molecule has 0 fully saturated rings. The first-order valence-corrected chi connectivity index (χ1v) is 10.8. The molecule has 0 saturated carbocycles. The molecule has 0 atom stereocenters. The predicted octanol–water partition coefficient (Wildman–Crippen LogP) is 3.21. The average Bonchev–Trinajstić information content (AvgIpc) is 3.43. The number of amides is 1. The Hall–Kier alpha value is -3.53. The van der Waals surface area contributed by atoms with Crippen LogP contribution >= 0.6 is 11.3 Å². The second kappa shape index (κ2) is 7.95. The molecule has 0 saturated heterocycles. The number of rotatable bonds is 5. The minimum absolute atomic E-state index is 0.0967. The van der Waals surface area contributed by atoms with Gasteiger partial charge >= 0.3 is 0 Å². The van der Waals surface area contributed by atoms with Gasteiger partial charge in [-0.2, -0.15) is 10.1 Å². The summed E-state index contributed by atoms with van der Waals surface area (Å²) in [5.74, 6) is 1.92. The maximum Gasteiger partial charge on any atom is 0.252 e. The summed E-state index contributed by atoms with van der Waals surface area (Å²) < 4.78 is 12.9. The van der Waals surface area contributed by atoms with Crippen molar-refractivity contribution >= 4 is 28.2 Å². The number of aryl methyl sites for hydroxylation is 2. The molecule has 10 heteroatoms. The van der Waals surface area contributed by atoms with Crippen molar-refractivity contribution in [2.75, 3.05) is 18.5 Å². The molecule has 0 spiro atoms. The van der Waals surface area contributed by atoms with Crippen molar-refractivity contribution in [3.63, 3.8) is 0 Å². The van der Waals surface area contributed by atoms with E-state index in [2.05, 4.69) is 25.4 Å². The molecule has 1 amide bonds. The van der Waals surface area contributed by atoms with E-state index in [1.54, 1.807) is 4.52 Å². The second-order valence-corrected chi connectivity index (χ2v) is 8.04. The standard InChI is InChI=1S/C21H20N6O3S/c1-12-15(13(2)27-20(24-12)22-11-23-27)4-6-19(28)26-21-25-16(10-31-21)14-3-5-17-18(9-14)30-8-7-29-17/h3,5,9-11H,4,6-8H2,1-2H3,(H,25,26,28). The number of ether oxygens (including phenoxy) is 2. The van der Waals surface area contributed by atoms with E-state index in [0.717, 1.165) is 34.0 Å². The topological polar surface area (TPSA) is 104 Å². The number of carbonyl (C=O) groups excluding carboxylic acids is 1. The molecule has 3 aromatic heterocycles. The quantitative estimate of drug-likeness (QED) is 0.512. The molecule has 4 heterocycles. The van der Waals surface area contributed by atoms with Gasteiger partial charge in [0.15, 0.2) is 16.6 Å². The molecule has 5 rings (SSSR count). The maximum atomic E-state index is 12.5. The van der Waals surface area contributed by atoms with E-state index in [4.69, 9.17) is 9.47 Å². The van der Waals surface area contributed by atoms with E-state index >= 15 is 0 Å². The summed E-state index contributed by atoms with van der Waals surface area (Å²) in [5.41, 5.74) is 4.51. The van der Waals surface area contributed by atoms with Crippen LogP contribution in [0.1, 0.15) is 23.4 Å². The van der Waals surface area contributed by atoms with Gasteiger partial charge in [-0.3, -0.25) is 4.79 Å². The van der Waals surface area contributed by atoms with Gasteiger partial charge in [0.25, 0.3) is 5.78 Å². The van der Waals surface area contributed by atoms with Gasteiger partial charge < -0.3 is 14.8 Å². The Balaban J connectivity index is 1.25. The lowest BCUT2D eigenvalue weighted by Crippen LogP contribution is -2.15. The van der Waals surface area contributed by atoms with Crippen LogP contribution < -0.4 is 14.8 Å². The third-order valence-electron chi connectivity index (χ3n) is 5.18. The molecule has 31 heavy (non-hydrogen) atoms. The van der Waals surface area contributed by atoms with Crippen LogP contribution in [-0.2, 0) is 11.2 Å². The van der Waals surface area contributed by atoms with Crippen LogP contribution in [0.2, 0.25) is 0 Å². The van der Waals surface area contributed by atoms with Gasteiger partial charge in [0.05, 0.1) is 5.69 Å². The first-order chi connectivity index (χ1) is 15.1. The molecule has 0 unspecified atom stereocenters. The minimum atomic E-state index is -0.0967. The Morgan fingerprint density at radius 3 is 2.90 bits per heavy atom. The number of fused-ring (bicyclic) bond motifs is 2. The molecule has 0 radical (unpaired) electrons. The van der Waals surface area contributed by atoms with E-state index in [1.165, 1.54) is 17.7 Å². The first-order valence-electron chi connectivity index (χ1n) is 9.90. The zero-order valence-corrected chi connectivity index (χ0v) is 17.9. The van der Waals surface area contributed by atoms with Crippen LogP contribution in [0.25, 0.3) is 17.0 Å². The van der Waals surface area contributed by atoms with Gasteiger partial charge in [-0.25, -0.2) is 14.5 Å². The predicted molar refractivity (Wildman–Crippen MR) is 116 cm³/mol. The molecule has 4 aromatic rings. The minimum Gasteiger partial charge on any atom is -0.486 e. The van der Waals surface area contributed by atoms with E-state index in [9.17, 15) is 4.79 Å². The first kappa shape index (κ1) is 19.4. The summed E-state index contributed by atoms with van der Waals surface area (Å²) in [7, 11) is 0. The highest BCUT2D eigenvalue weighted by Gasteiger charge is 2.16. The molecule has 158 valence electrons. The summed E-state index contributed by atoms with van der Waals surface area (Å²) in [6, 6.07) is 5.73. The van der Waals surface area contributed by atoms with Crippen molar-refractivity contribution in [2.24, 2.45) is 0 Å². The SMILES string of the molecule is Cc1nc2ncnn2c(C)c1CCC(=O)Nc1nc(-c2ccc3c(c2)OCCO3)cs1. The van der Waals surface area contributed by atoms with E-state index in [-0.39, 0.29) is 5.91 Å². The van der Waals surface area contributed by atoms with Crippen LogP contribution in [0.15, 0.2) is 29.9 Å². The van der Waals surface area contributed by atoms with Gasteiger partial charge in [-0.15, -0.1) is 11.3 Å². The summed E-state index contributed by atoms with van der Waals surface area (Å²) in [5, 5.41) is 9.56. The van der Waals surface area contributed by atoms with Gasteiger partial charge in [-0.1, -0.05) is 0 Å². The highest BCUT2D eigenvalue weighted by molar-refractivity contribution is 7.14. The van der Waals surface area contributed by atoms with Crippen molar-refractivity contribution in [3.05, 3.63) is 46.9 Å². The summed E-state index contributed by atoms with van der Waals surface area (Å²) in [6.07, 6.45) is 2.36. The number of aromatic nitrogens is 5. The Morgan fingerprint density at radius 2 is 2.03 bits per heavy atom. The maximum absolute atomic E-state index is 12.5. The monoisotopic (exact) mass is 436 g/mol. The fourth-order valence-electron chi connectivity index (χ4n) is 3.60. The highest BCUT2D eigenvalue weighted by Crippen LogP contribution is 2.35. The van der Waals surface area contributed by atoms with E-state index in [1.807, 2.05) is 37.4 Å². The molecule has 1 N–H and O–H groups in total. The average molecular weight is 436 g/mol. The number of benzene rings is 1. The Morgan fingerprint density at radius 1 is 1.19 bits per heavy atom. The number of nitrogens with one attached hydrogen (secondary N) is 1. The lowest BCUT2D eigenvalue weighted by molar-refractivity contribution is -0.116. The van der Waals surface area contributed by atoms with Gasteiger partial charge in [-0.05, 0) is 44.0 Å². The Labute approximate surface area is 182 Å². The lowest BCUT2D eigenvalue weighted by atomic mass is 10.1. The highest BCUT2D eigenvalue weighted by atomic mass is 32.1. The zero-order chi connectivity index (χ0) is 21.4. The molecule has 1 aromatic carbocycles. The Bertz CT molecular complexity index is 1280. The number of carbonyl (C=O) groups is 1. The van der Waals surface area contributed by atoms with E-state index < -0.39 is 0 Å². The van der Waals surface area contributed by atoms with Crippen molar-refractivity contribution < 1.29 is 14.3 Å². The van der Waals surface area contributed by atoms with Crippen molar-refractivity contribution in [2.45, 2.75) is 26.7 Å². The largest absolute Gasteiger partial charge is 0.486 e. The normalized spacial score (nSPS) is 12.8. The van der Waals surface area contributed by atoms with Crippen LogP contribution in [0, 0.1) is 13.8 Å². The lowest BCUT2D eigenvalue weighted by Gasteiger charge is -2.18. The van der Waals surface area contributed by atoms with Gasteiger partial charge in [0.1, 0.15) is 19.5 Å². The zero-order valence-electron chi connectivity index (χ0n) is 17.1. The molecule has 1 aliphatic heterocycles. The van der Waals surface area contributed by atoms with Gasteiger partial charge in [0, 0.05) is 28.8 Å². The fourth-order valence-corrected chi connectivity index (χ4v) is 4.34. The number of thiazole rings is 1. The number of nitrogens with zero attached hydrogens (tertiary/aromatic N) is 5. The van der Waals surface area contributed by atoms with Crippen LogP contribution in [0.5, 0.6) is 11.5 Å². The van der Waals surface area contributed by atoms with Crippen molar-refractivity contribution in [1.29, 1.82) is 0 Å². The number of hydrogen-bond donors (Lipinski definition) is 1. The van der Waals surface area contributed by atoms with Crippen LogP contribution in [0.3, 0.4) is 0 Å². The third kappa shape index (κ3) is 3.81. The number of anilines is 1.